The highest BCUT2D eigenvalue weighted by atomic mass is 16.6. The van der Waals surface area contributed by atoms with Gasteiger partial charge in [0.15, 0.2) is 12.2 Å². The van der Waals surface area contributed by atoms with Gasteiger partial charge in [-0.2, -0.15) is 0 Å². The fourth-order valence-corrected chi connectivity index (χ4v) is 7.70. The van der Waals surface area contributed by atoms with Crippen LogP contribution in [0.5, 0.6) is 0 Å². The molecule has 9 heteroatoms. The van der Waals surface area contributed by atoms with E-state index in [1.54, 1.807) is 6.08 Å². The third kappa shape index (κ3) is 6.39. The quantitative estimate of drug-likeness (QED) is 0.203. The first-order valence-corrected chi connectivity index (χ1v) is 15.1. The molecule has 0 saturated heterocycles. The smallest absolute Gasteiger partial charge is 0.331 e. The van der Waals surface area contributed by atoms with Gasteiger partial charge in [-0.25, -0.2) is 4.79 Å². The summed E-state index contributed by atoms with van der Waals surface area (Å²) in [5.74, 6) is -2.98. The maximum absolute atomic E-state index is 13.0. The summed E-state index contributed by atoms with van der Waals surface area (Å²) in [7, 11) is 0. The fourth-order valence-electron chi connectivity index (χ4n) is 7.70. The molecule has 0 radical (unpaired) electrons. The van der Waals surface area contributed by atoms with Crippen LogP contribution in [0.2, 0.25) is 0 Å². The Morgan fingerprint density at radius 1 is 0.886 bits per heavy atom. The van der Waals surface area contributed by atoms with Gasteiger partial charge in [-0.15, -0.1) is 0 Å². The molecule has 8 unspecified atom stereocenters. The first-order valence-electron chi connectivity index (χ1n) is 15.1. The lowest BCUT2D eigenvalue weighted by molar-refractivity contribution is -0.212. The van der Waals surface area contributed by atoms with Gasteiger partial charge in [0.1, 0.15) is 12.2 Å². The summed E-state index contributed by atoms with van der Waals surface area (Å²) in [5, 5.41) is 11.2. The number of fused-ring (bicyclic) bond motifs is 3. The molecule has 2 fully saturated rings. The van der Waals surface area contributed by atoms with Crippen molar-refractivity contribution in [1.82, 2.24) is 0 Å². The van der Waals surface area contributed by atoms with Crippen molar-refractivity contribution in [2.45, 2.75) is 98.2 Å². The predicted octanol–water partition coefficient (Wildman–Crippen LogP) is 5.12. The lowest BCUT2D eigenvalue weighted by Gasteiger charge is -2.59. The number of rotatable bonds is 6. The van der Waals surface area contributed by atoms with Crippen molar-refractivity contribution < 1.29 is 43.2 Å². The molecule has 0 aromatic heterocycles. The van der Waals surface area contributed by atoms with Crippen LogP contribution in [0.15, 0.2) is 59.7 Å². The van der Waals surface area contributed by atoms with Crippen LogP contribution in [-0.2, 0) is 38.1 Å². The Morgan fingerprint density at radius 3 is 2.09 bits per heavy atom. The summed E-state index contributed by atoms with van der Waals surface area (Å²) in [4.78, 5) is 50.9. The highest BCUT2D eigenvalue weighted by molar-refractivity contribution is 5.87. The van der Waals surface area contributed by atoms with Crippen molar-refractivity contribution in [3.63, 3.8) is 0 Å². The number of benzene rings is 1. The molecule has 2 saturated carbocycles. The highest BCUT2D eigenvalue weighted by Gasteiger charge is 2.64. The summed E-state index contributed by atoms with van der Waals surface area (Å²) in [6.45, 7) is 16.0. The second kappa shape index (κ2) is 12.7. The summed E-state index contributed by atoms with van der Waals surface area (Å²) in [5.41, 5.74) is 1.04. The predicted molar refractivity (Wildman–Crippen MR) is 163 cm³/mol. The van der Waals surface area contributed by atoms with E-state index < -0.39 is 71.1 Å². The van der Waals surface area contributed by atoms with Crippen molar-refractivity contribution in [2.75, 3.05) is 0 Å². The number of hydrogen-bond donors (Lipinski definition) is 1. The molecule has 44 heavy (non-hydrogen) atoms. The SMILES string of the molecule is C=C1C(OC(=O)C=Cc2ccccc2)CC(OC(C)=O)C2(C)C1CC1CC(O)C(C)=C(C(OC(C)=O)C2OC(C)=O)C1(C)C. The number of aliphatic hydroxyl groups excluding tert-OH is 1. The number of ether oxygens (including phenoxy) is 4. The van der Waals surface area contributed by atoms with E-state index in [2.05, 4.69) is 6.58 Å². The van der Waals surface area contributed by atoms with Crippen LogP contribution in [0.3, 0.4) is 0 Å². The minimum atomic E-state index is -1.14. The lowest BCUT2D eigenvalue weighted by Crippen LogP contribution is -2.64. The second-order valence-electron chi connectivity index (χ2n) is 13.1. The molecule has 0 amide bonds. The number of aliphatic hydroxyl groups is 1. The standard InChI is InChI=1S/C35H44O9/c1-19-26-16-25-17-27(39)20(2)31(34(25,6)7)32(42-22(4)37)33(43-23(5)38)35(26,8)29(41-21(3)36)18-28(19)44-30(40)15-14-24-12-10-9-11-13-24/h9-15,25-29,32-33,39H,1,16-18H2,2-8H3. The van der Waals surface area contributed by atoms with Gasteiger partial charge in [0.2, 0.25) is 0 Å². The average Bonchev–Trinajstić information content (AvgIpc) is 2.93. The maximum atomic E-state index is 13.0. The molecule has 0 spiro atoms. The summed E-state index contributed by atoms with van der Waals surface area (Å²) in [6, 6.07) is 9.33. The third-order valence-electron chi connectivity index (χ3n) is 9.94. The van der Waals surface area contributed by atoms with E-state index in [0.717, 1.165) is 5.56 Å². The molecule has 3 aliphatic carbocycles. The van der Waals surface area contributed by atoms with Crippen molar-refractivity contribution in [3.8, 4) is 0 Å². The summed E-state index contributed by atoms with van der Waals surface area (Å²) < 4.78 is 23.9. The van der Waals surface area contributed by atoms with Crippen molar-refractivity contribution in [3.05, 3.63) is 65.3 Å². The van der Waals surface area contributed by atoms with Crippen molar-refractivity contribution in [1.29, 1.82) is 0 Å². The van der Waals surface area contributed by atoms with E-state index in [4.69, 9.17) is 18.9 Å². The van der Waals surface area contributed by atoms with E-state index in [-0.39, 0.29) is 12.3 Å². The molecule has 1 aromatic rings. The minimum Gasteiger partial charge on any atom is -0.462 e. The van der Waals surface area contributed by atoms with Crippen LogP contribution in [0, 0.1) is 22.7 Å². The first-order chi connectivity index (χ1) is 20.6. The van der Waals surface area contributed by atoms with Gasteiger partial charge in [-0.3, -0.25) is 14.4 Å². The van der Waals surface area contributed by atoms with E-state index in [1.165, 1.54) is 26.8 Å². The van der Waals surface area contributed by atoms with Gasteiger partial charge < -0.3 is 24.1 Å². The molecule has 9 nitrogen and oxygen atoms in total. The first kappa shape index (κ1) is 33.2. The number of carbonyl (C=O) groups excluding carboxylic acids is 4. The van der Waals surface area contributed by atoms with Crippen molar-refractivity contribution in [2.24, 2.45) is 22.7 Å². The Hall–Kier alpha value is -3.72. The normalized spacial score (nSPS) is 33.0. The Kier molecular flexibility index (Phi) is 9.59. The van der Waals surface area contributed by atoms with Gasteiger partial charge in [0.05, 0.1) is 11.5 Å². The topological polar surface area (TPSA) is 125 Å². The van der Waals surface area contributed by atoms with E-state index in [1.807, 2.05) is 58.0 Å². The van der Waals surface area contributed by atoms with Crippen LogP contribution in [0.25, 0.3) is 6.08 Å². The van der Waals surface area contributed by atoms with Crippen LogP contribution < -0.4 is 0 Å². The van der Waals surface area contributed by atoms with Crippen LogP contribution in [0.1, 0.15) is 73.3 Å². The van der Waals surface area contributed by atoms with Gasteiger partial charge in [0.25, 0.3) is 0 Å². The van der Waals surface area contributed by atoms with Crippen LogP contribution in [-0.4, -0.2) is 59.5 Å². The lowest BCUT2D eigenvalue weighted by atomic mass is 9.49. The average molecular weight is 609 g/mol. The zero-order valence-electron chi connectivity index (χ0n) is 26.6. The zero-order chi connectivity index (χ0) is 32.6. The molecular weight excluding hydrogens is 564 g/mol. The van der Waals surface area contributed by atoms with Crippen LogP contribution >= 0.6 is 0 Å². The molecule has 8 atom stereocenters. The van der Waals surface area contributed by atoms with Gasteiger partial charge in [-0.1, -0.05) is 57.7 Å². The molecular formula is C35H44O9. The molecule has 2 bridgehead atoms. The molecule has 1 aromatic carbocycles. The minimum absolute atomic E-state index is 0.0651. The Balaban J connectivity index is 1.85. The van der Waals surface area contributed by atoms with E-state index >= 15 is 0 Å². The second-order valence-corrected chi connectivity index (χ2v) is 13.1. The number of hydrogen-bond acceptors (Lipinski definition) is 9. The van der Waals surface area contributed by atoms with Gasteiger partial charge in [0, 0.05) is 33.3 Å². The maximum Gasteiger partial charge on any atom is 0.331 e. The molecule has 4 rings (SSSR count). The largest absolute Gasteiger partial charge is 0.462 e. The zero-order valence-corrected chi connectivity index (χ0v) is 26.6. The van der Waals surface area contributed by atoms with Crippen LogP contribution in [0.4, 0.5) is 0 Å². The van der Waals surface area contributed by atoms with Gasteiger partial charge >= 0.3 is 23.9 Å². The number of carbonyl (C=O) groups is 4. The third-order valence-corrected chi connectivity index (χ3v) is 9.94. The Labute approximate surface area is 259 Å². The Morgan fingerprint density at radius 2 is 1.50 bits per heavy atom. The molecule has 1 N–H and O–H groups in total. The summed E-state index contributed by atoms with van der Waals surface area (Å²) >= 11 is 0. The van der Waals surface area contributed by atoms with E-state index in [0.29, 0.717) is 29.6 Å². The highest BCUT2D eigenvalue weighted by Crippen LogP contribution is 2.60. The number of esters is 4. The molecule has 3 aliphatic rings. The monoisotopic (exact) mass is 608 g/mol. The fraction of sp³-hybridized carbons (Fsp3) is 0.543. The van der Waals surface area contributed by atoms with Gasteiger partial charge in [-0.05, 0) is 65.4 Å². The molecule has 0 aliphatic heterocycles. The molecule has 238 valence electrons. The Bertz CT molecular complexity index is 1370. The van der Waals surface area contributed by atoms with E-state index in [9.17, 15) is 24.3 Å². The summed E-state index contributed by atoms with van der Waals surface area (Å²) in [6.07, 6.45) is -0.743. The molecule has 0 heterocycles. The van der Waals surface area contributed by atoms with Crippen molar-refractivity contribution >= 4 is 30.0 Å².